The Labute approximate surface area is 217 Å². The van der Waals surface area contributed by atoms with Crippen molar-refractivity contribution < 1.29 is 19.1 Å². The Morgan fingerprint density at radius 1 is 1.06 bits per heavy atom. The molecule has 4 heteroatoms. The summed E-state index contributed by atoms with van der Waals surface area (Å²) in [5, 5.41) is 0. The maximum Gasteiger partial charge on any atom is 0.338 e. The summed E-state index contributed by atoms with van der Waals surface area (Å²) in [6.07, 6.45) is 13.5. The fraction of sp³-hybridized carbons (Fsp3) is 0.688. The van der Waals surface area contributed by atoms with E-state index in [1.807, 2.05) is 30.3 Å². The number of hydrogen-bond acceptors (Lipinski definition) is 4. The van der Waals surface area contributed by atoms with Crippen LogP contribution >= 0.6 is 0 Å². The number of allylic oxidation sites excluding steroid dienone is 2. The van der Waals surface area contributed by atoms with Crippen LogP contribution in [0.1, 0.15) is 95.3 Å². The van der Waals surface area contributed by atoms with E-state index in [0.717, 1.165) is 31.6 Å². The zero-order valence-corrected chi connectivity index (χ0v) is 22.6. The number of esters is 2. The molecule has 4 aliphatic carbocycles. The molecule has 0 amide bonds. The molecule has 0 spiro atoms. The number of carbonyl (C=O) groups is 2. The number of rotatable bonds is 6. The Hall–Kier alpha value is -2.10. The molecular weight excluding hydrogens is 448 g/mol. The SMILES string of the molecule is COC(=O)CC[C@@H](C)C1CC[C@H]2C3CC[C@@H]4C[C@H](OC(=O)c5ccccc5)CC[C@]4(C)C3=CC[C@]12C. The Morgan fingerprint density at radius 2 is 1.83 bits per heavy atom. The van der Waals surface area contributed by atoms with E-state index in [0.29, 0.717) is 41.1 Å². The number of ether oxygens (including phenoxy) is 2. The smallest absolute Gasteiger partial charge is 0.338 e. The Kier molecular flexibility index (Phi) is 7.09. The molecule has 0 aromatic heterocycles. The molecule has 0 bridgehead atoms. The summed E-state index contributed by atoms with van der Waals surface area (Å²) in [5.41, 5.74) is 2.97. The van der Waals surface area contributed by atoms with Crippen LogP contribution in [0.5, 0.6) is 0 Å². The van der Waals surface area contributed by atoms with Crippen molar-refractivity contribution in [2.45, 2.75) is 91.1 Å². The van der Waals surface area contributed by atoms with Crippen molar-refractivity contribution in [2.24, 2.45) is 40.4 Å². The molecule has 2 unspecified atom stereocenters. The van der Waals surface area contributed by atoms with Crippen LogP contribution in [-0.4, -0.2) is 25.2 Å². The molecule has 4 nitrogen and oxygen atoms in total. The van der Waals surface area contributed by atoms with Gasteiger partial charge in [-0.3, -0.25) is 4.79 Å². The first-order valence-electron chi connectivity index (χ1n) is 14.3. The van der Waals surface area contributed by atoms with Gasteiger partial charge in [0.25, 0.3) is 0 Å². The quantitative estimate of drug-likeness (QED) is 0.307. The predicted molar refractivity (Wildman–Crippen MR) is 141 cm³/mol. The summed E-state index contributed by atoms with van der Waals surface area (Å²) in [4.78, 5) is 24.4. The maximum absolute atomic E-state index is 12.7. The molecule has 5 rings (SSSR count). The van der Waals surface area contributed by atoms with Crippen molar-refractivity contribution in [3.8, 4) is 0 Å². The van der Waals surface area contributed by atoms with Crippen LogP contribution in [0.4, 0.5) is 0 Å². The number of hydrogen-bond donors (Lipinski definition) is 0. The second-order valence-electron chi connectivity index (χ2n) is 12.7. The molecule has 4 aliphatic rings. The van der Waals surface area contributed by atoms with Crippen molar-refractivity contribution in [1.82, 2.24) is 0 Å². The molecule has 1 aromatic carbocycles. The minimum absolute atomic E-state index is 0.0355. The van der Waals surface area contributed by atoms with Gasteiger partial charge in [-0.2, -0.15) is 0 Å². The molecule has 36 heavy (non-hydrogen) atoms. The minimum atomic E-state index is -0.177. The van der Waals surface area contributed by atoms with Crippen molar-refractivity contribution in [1.29, 1.82) is 0 Å². The van der Waals surface area contributed by atoms with Crippen LogP contribution in [0.2, 0.25) is 0 Å². The summed E-state index contributed by atoms with van der Waals surface area (Å²) >= 11 is 0. The average Bonchev–Trinajstić information content (AvgIpc) is 3.25. The lowest BCUT2D eigenvalue weighted by atomic mass is 9.48. The van der Waals surface area contributed by atoms with Crippen molar-refractivity contribution in [3.05, 3.63) is 47.5 Å². The molecule has 3 saturated carbocycles. The van der Waals surface area contributed by atoms with E-state index in [9.17, 15) is 9.59 Å². The van der Waals surface area contributed by atoms with Gasteiger partial charge in [0.2, 0.25) is 0 Å². The normalized spacial score (nSPS) is 38.1. The zero-order chi connectivity index (χ0) is 25.5. The number of fused-ring (bicyclic) bond motifs is 5. The third kappa shape index (κ3) is 4.43. The van der Waals surface area contributed by atoms with E-state index in [4.69, 9.17) is 9.47 Å². The predicted octanol–water partition coefficient (Wildman–Crippen LogP) is 7.38. The third-order valence-electron chi connectivity index (χ3n) is 11.1. The molecule has 0 aliphatic heterocycles. The molecule has 3 fully saturated rings. The molecule has 0 heterocycles. The van der Waals surface area contributed by atoms with Gasteiger partial charge in [-0.15, -0.1) is 0 Å². The summed E-state index contributed by atoms with van der Waals surface area (Å²) in [6.45, 7) is 7.42. The Morgan fingerprint density at radius 3 is 2.58 bits per heavy atom. The summed E-state index contributed by atoms with van der Waals surface area (Å²) < 4.78 is 10.9. The van der Waals surface area contributed by atoms with E-state index in [-0.39, 0.29) is 23.5 Å². The Balaban J connectivity index is 1.27. The molecule has 196 valence electrons. The first-order chi connectivity index (χ1) is 17.3. The van der Waals surface area contributed by atoms with Gasteiger partial charge in [0.1, 0.15) is 6.10 Å². The van der Waals surface area contributed by atoms with Crippen LogP contribution < -0.4 is 0 Å². The monoisotopic (exact) mass is 492 g/mol. The highest BCUT2D eigenvalue weighted by Gasteiger charge is 2.57. The standard InChI is InChI=1S/C32H44O4/c1-21(10-15-29(33)35-4)26-13-14-27-25-12-11-23-20-24(36-30(34)22-8-6-5-7-9-22)16-18-31(23,2)28(25)17-19-32(26,27)3/h5-9,17,21,23-27H,10-16,18-20H2,1-4H3/t21-,23-,24-,25?,26?,27+,31+,32-/m1/s1. The van der Waals surface area contributed by atoms with E-state index in [2.05, 4.69) is 26.8 Å². The molecular formula is C32H44O4. The van der Waals surface area contributed by atoms with Crippen LogP contribution in [0.3, 0.4) is 0 Å². The highest BCUT2D eigenvalue weighted by molar-refractivity contribution is 5.89. The molecule has 0 saturated heterocycles. The second-order valence-corrected chi connectivity index (χ2v) is 12.7. The van der Waals surface area contributed by atoms with Crippen LogP contribution in [0.25, 0.3) is 0 Å². The highest BCUT2D eigenvalue weighted by atomic mass is 16.5. The molecule has 0 radical (unpaired) electrons. The third-order valence-corrected chi connectivity index (χ3v) is 11.1. The molecule has 1 aromatic rings. The molecule has 8 atom stereocenters. The molecule has 0 N–H and O–H groups in total. The van der Waals surface area contributed by atoms with Gasteiger partial charge in [0, 0.05) is 6.42 Å². The van der Waals surface area contributed by atoms with E-state index >= 15 is 0 Å². The largest absolute Gasteiger partial charge is 0.469 e. The van der Waals surface area contributed by atoms with Crippen molar-refractivity contribution in [3.63, 3.8) is 0 Å². The first kappa shape index (κ1) is 25.5. The van der Waals surface area contributed by atoms with Crippen LogP contribution in [0, 0.1) is 40.4 Å². The highest BCUT2D eigenvalue weighted by Crippen LogP contribution is 2.66. The first-order valence-corrected chi connectivity index (χ1v) is 14.3. The number of benzene rings is 1. The van der Waals surface area contributed by atoms with Gasteiger partial charge in [0.05, 0.1) is 12.7 Å². The maximum atomic E-state index is 12.7. The number of methoxy groups -OCH3 is 1. The fourth-order valence-corrected chi connectivity index (χ4v) is 9.01. The van der Waals surface area contributed by atoms with Crippen molar-refractivity contribution >= 4 is 11.9 Å². The lowest BCUT2D eigenvalue weighted by molar-refractivity contribution is -0.141. The van der Waals surface area contributed by atoms with Gasteiger partial charge >= 0.3 is 11.9 Å². The van der Waals surface area contributed by atoms with E-state index in [1.54, 1.807) is 5.57 Å². The minimum Gasteiger partial charge on any atom is -0.469 e. The Bertz CT molecular complexity index is 999. The lowest BCUT2D eigenvalue weighted by Crippen LogP contribution is -2.49. The second kappa shape index (κ2) is 9.99. The average molecular weight is 493 g/mol. The van der Waals surface area contributed by atoms with E-state index in [1.165, 1.54) is 39.2 Å². The summed E-state index contributed by atoms with van der Waals surface area (Å²) in [7, 11) is 1.49. The lowest BCUT2D eigenvalue weighted by Gasteiger charge is -2.57. The van der Waals surface area contributed by atoms with Gasteiger partial charge < -0.3 is 9.47 Å². The summed E-state index contributed by atoms with van der Waals surface area (Å²) in [5.74, 6) is 3.04. The topological polar surface area (TPSA) is 52.6 Å². The zero-order valence-electron chi connectivity index (χ0n) is 22.6. The van der Waals surface area contributed by atoms with Crippen LogP contribution in [0.15, 0.2) is 42.0 Å². The van der Waals surface area contributed by atoms with Crippen molar-refractivity contribution in [2.75, 3.05) is 7.11 Å². The van der Waals surface area contributed by atoms with Gasteiger partial charge in [-0.25, -0.2) is 4.79 Å². The summed E-state index contributed by atoms with van der Waals surface area (Å²) in [6, 6.07) is 9.41. The van der Waals surface area contributed by atoms with Gasteiger partial charge in [-0.1, -0.05) is 50.6 Å². The number of carbonyl (C=O) groups excluding carboxylic acids is 2. The van der Waals surface area contributed by atoms with Gasteiger partial charge in [0.15, 0.2) is 0 Å². The fourth-order valence-electron chi connectivity index (χ4n) is 9.01. The van der Waals surface area contributed by atoms with Crippen LogP contribution in [-0.2, 0) is 14.3 Å². The van der Waals surface area contributed by atoms with E-state index < -0.39 is 0 Å². The van der Waals surface area contributed by atoms with Gasteiger partial charge in [-0.05, 0) is 110 Å².